The van der Waals surface area contributed by atoms with Crippen LogP contribution in [0, 0.1) is 0 Å². The first kappa shape index (κ1) is 67.1. The van der Waals surface area contributed by atoms with Gasteiger partial charge in [-0.05, 0) is 330 Å². The van der Waals surface area contributed by atoms with Crippen LogP contribution in [0.4, 0.5) is 68.2 Å². The summed E-state index contributed by atoms with van der Waals surface area (Å²) in [6.07, 6.45) is 0. The van der Waals surface area contributed by atoms with Crippen molar-refractivity contribution in [1.29, 1.82) is 0 Å². The predicted octanol–water partition coefficient (Wildman–Crippen LogP) is 24.6. The Labute approximate surface area is 633 Å². The maximum atomic E-state index is 5.86. The Morgan fingerprint density at radius 1 is 0.156 bits per heavy atom. The van der Waals surface area contributed by atoms with Gasteiger partial charge in [0, 0.05) is 68.2 Å². The van der Waals surface area contributed by atoms with Crippen LogP contribution < -0.4 is 57.5 Å². The van der Waals surface area contributed by atoms with Crippen molar-refractivity contribution in [3.05, 3.63) is 338 Å². The third-order valence-electron chi connectivity index (χ3n) is 21.7. The normalized spacial score (nSPS) is 12.1. The second kappa shape index (κ2) is 27.6. The van der Waals surface area contributed by atoms with Crippen molar-refractivity contribution in [3.8, 4) is 68.2 Å². The van der Waals surface area contributed by atoms with E-state index in [0.717, 1.165) is 202 Å². The molecule has 12 nitrogen and oxygen atoms in total. The Hall–Kier alpha value is -13.8. The summed E-state index contributed by atoms with van der Waals surface area (Å²) in [6, 6.07) is 114. The standard InChI is InChI=1S/C97H76N4O8/c1-102-81-37-21-69(22-38-81)98(73-17-9-65-53-85(106-5)33-13-61(65)49-73)77-29-45-89-90-46-30-78(99(70-23-39-82(103-2)40-24-70)74-18-10-66-54-86(107-6)34-14-62(66)50-74)58-94(90)97(93(89)57-77)95-59-79(100(71-25-41-83(104-3)42-26-71)75-19-11-67-55-87(108-7)35-15-63(67)51-75)31-47-91(95)92-48-32-80(60-96(92)97)101(72-27-43-84(105-4)44-28-72)76-20-12-68-56-88(109-8)36-16-64(68)52-76/h9-60H,1-8H3. The van der Waals surface area contributed by atoms with Crippen LogP contribution in [0.15, 0.2) is 315 Å². The lowest BCUT2D eigenvalue weighted by atomic mass is 9.70. The Bertz CT molecular complexity index is 5450. The molecule has 16 aromatic carbocycles. The zero-order chi connectivity index (χ0) is 74.0. The van der Waals surface area contributed by atoms with Gasteiger partial charge >= 0.3 is 0 Å². The summed E-state index contributed by atoms with van der Waals surface area (Å²) < 4.78 is 46.5. The summed E-state index contributed by atoms with van der Waals surface area (Å²) in [6.45, 7) is 0. The van der Waals surface area contributed by atoms with E-state index in [1.807, 2.05) is 72.8 Å². The van der Waals surface area contributed by atoms with Crippen LogP contribution in [0.5, 0.6) is 46.0 Å². The first-order valence-electron chi connectivity index (χ1n) is 36.2. The van der Waals surface area contributed by atoms with E-state index in [4.69, 9.17) is 37.9 Å². The highest BCUT2D eigenvalue weighted by atomic mass is 16.5. The SMILES string of the molecule is COc1ccc(N(c2ccc3c(c2)C2(c4cc(N(c5ccc(OC)cc5)c5ccc6cc(OC)ccc6c5)ccc4-3)c3cc(N(c4ccc(OC)cc4)c4ccc5cc(OC)ccc5c4)ccc3-c3ccc(N(c4ccc(OC)cc4)c4ccc5cc(OC)ccc5c4)cc32)c2ccc3cc(OC)ccc3c2)cc1. The number of anilines is 12. The minimum atomic E-state index is -1.07. The molecule has 16 aromatic rings. The molecule has 109 heavy (non-hydrogen) atoms. The van der Waals surface area contributed by atoms with Crippen LogP contribution in [0.1, 0.15) is 22.3 Å². The van der Waals surface area contributed by atoms with Crippen molar-refractivity contribution >= 4 is 111 Å². The fraction of sp³-hybridized carbons (Fsp3) is 0.0928. The average Bonchev–Trinajstić information content (AvgIpc) is 1.50. The van der Waals surface area contributed by atoms with Crippen LogP contribution in [0.3, 0.4) is 0 Å². The van der Waals surface area contributed by atoms with Gasteiger partial charge in [0.05, 0.1) is 62.3 Å². The van der Waals surface area contributed by atoms with Gasteiger partial charge in [0.15, 0.2) is 0 Å². The van der Waals surface area contributed by atoms with Crippen molar-refractivity contribution in [2.75, 3.05) is 76.5 Å². The van der Waals surface area contributed by atoms with Gasteiger partial charge in [-0.15, -0.1) is 0 Å². The first-order chi connectivity index (χ1) is 53.5. The summed E-state index contributed by atoms with van der Waals surface area (Å²) in [5.74, 6) is 6.21. The van der Waals surface area contributed by atoms with Crippen molar-refractivity contribution in [3.63, 3.8) is 0 Å². The molecule has 0 radical (unpaired) electrons. The van der Waals surface area contributed by atoms with E-state index in [1.165, 1.54) is 0 Å². The predicted molar refractivity (Wildman–Crippen MR) is 444 cm³/mol. The molecule has 12 heteroatoms. The van der Waals surface area contributed by atoms with E-state index in [2.05, 4.69) is 262 Å². The number of hydrogen-bond acceptors (Lipinski definition) is 12. The van der Waals surface area contributed by atoms with Crippen molar-refractivity contribution < 1.29 is 37.9 Å². The van der Waals surface area contributed by atoms with Crippen LogP contribution >= 0.6 is 0 Å². The molecule has 0 aliphatic heterocycles. The molecule has 1 spiro atoms. The van der Waals surface area contributed by atoms with Gasteiger partial charge in [0.1, 0.15) is 46.0 Å². The van der Waals surface area contributed by atoms with Crippen molar-refractivity contribution in [2.45, 2.75) is 5.41 Å². The third kappa shape index (κ3) is 11.6. The zero-order valence-corrected chi connectivity index (χ0v) is 61.6. The molecule has 0 amide bonds. The molecule has 0 saturated heterocycles. The molecular formula is C97H76N4O8. The van der Waals surface area contributed by atoms with Gasteiger partial charge in [-0.2, -0.15) is 0 Å². The highest BCUT2D eigenvalue weighted by Gasteiger charge is 2.53. The number of ether oxygens (including phenoxy) is 8. The summed E-state index contributed by atoms with van der Waals surface area (Å²) >= 11 is 0. The summed E-state index contributed by atoms with van der Waals surface area (Å²) in [5, 5.41) is 8.54. The molecule has 0 aromatic heterocycles. The Kier molecular flexibility index (Phi) is 17.0. The smallest absolute Gasteiger partial charge is 0.119 e. The number of nitrogens with zero attached hydrogens (tertiary/aromatic N) is 4. The third-order valence-corrected chi connectivity index (χ3v) is 21.7. The van der Waals surface area contributed by atoms with Crippen LogP contribution in [-0.2, 0) is 5.41 Å². The molecule has 0 bridgehead atoms. The maximum Gasteiger partial charge on any atom is 0.119 e. The van der Waals surface area contributed by atoms with E-state index < -0.39 is 5.41 Å². The number of benzene rings is 16. The molecule has 0 heterocycles. The van der Waals surface area contributed by atoms with Crippen LogP contribution in [0.2, 0.25) is 0 Å². The number of hydrogen-bond donors (Lipinski definition) is 0. The van der Waals surface area contributed by atoms with E-state index in [-0.39, 0.29) is 0 Å². The summed E-state index contributed by atoms with van der Waals surface area (Å²) in [4.78, 5) is 9.49. The van der Waals surface area contributed by atoms with Gasteiger partial charge in [0.25, 0.3) is 0 Å². The second-order valence-corrected chi connectivity index (χ2v) is 27.4. The monoisotopic (exact) mass is 1420 g/mol. The summed E-state index contributed by atoms with van der Waals surface area (Å²) in [7, 11) is 13.7. The summed E-state index contributed by atoms with van der Waals surface area (Å²) in [5.41, 5.74) is 19.3. The molecule has 0 N–H and O–H groups in total. The molecular weight excluding hydrogens is 1350 g/mol. The highest BCUT2D eigenvalue weighted by Crippen LogP contribution is 2.66. The number of methoxy groups -OCH3 is 8. The van der Waals surface area contributed by atoms with Gasteiger partial charge in [-0.25, -0.2) is 0 Å². The fourth-order valence-corrected chi connectivity index (χ4v) is 16.4. The number of rotatable bonds is 20. The van der Waals surface area contributed by atoms with Crippen LogP contribution in [-0.4, -0.2) is 56.9 Å². The zero-order valence-electron chi connectivity index (χ0n) is 61.6. The van der Waals surface area contributed by atoms with Crippen molar-refractivity contribution in [2.24, 2.45) is 0 Å². The fourth-order valence-electron chi connectivity index (χ4n) is 16.4. The molecule has 0 fully saturated rings. The Morgan fingerprint density at radius 2 is 0.312 bits per heavy atom. The maximum absolute atomic E-state index is 5.86. The number of fused-ring (bicyclic) bond motifs is 14. The van der Waals surface area contributed by atoms with Crippen LogP contribution in [0.25, 0.3) is 65.3 Å². The molecule has 18 rings (SSSR count). The quantitative estimate of drug-likeness (QED) is 0.0728. The lowest BCUT2D eigenvalue weighted by Gasteiger charge is -2.35. The van der Waals surface area contributed by atoms with E-state index in [0.29, 0.717) is 0 Å². The minimum Gasteiger partial charge on any atom is -0.497 e. The average molecular weight is 1430 g/mol. The lowest BCUT2D eigenvalue weighted by molar-refractivity contribution is 0.414. The molecule has 0 atom stereocenters. The molecule has 2 aliphatic carbocycles. The van der Waals surface area contributed by atoms with E-state index in [1.54, 1.807) is 56.9 Å². The molecule has 0 saturated carbocycles. The first-order valence-corrected chi connectivity index (χ1v) is 36.2. The lowest BCUT2D eigenvalue weighted by Crippen LogP contribution is -2.27. The topological polar surface area (TPSA) is 86.8 Å². The van der Waals surface area contributed by atoms with Gasteiger partial charge in [-0.3, -0.25) is 0 Å². The minimum absolute atomic E-state index is 0.757. The highest BCUT2D eigenvalue weighted by molar-refractivity contribution is 6.02. The largest absolute Gasteiger partial charge is 0.497 e. The van der Waals surface area contributed by atoms with Crippen molar-refractivity contribution in [1.82, 2.24) is 0 Å². The van der Waals surface area contributed by atoms with Gasteiger partial charge in [-0.1, -0.05) is 72.8 Å². The van der Waals surface area contributed by atoms with Gasteiger partial charge in [0.2, 0.25) is 0 Å². The Morgan fingerprint density at radius 3 is 0.514 bits per heavy atom. The van der Waals surface area contributed by atoms with E-state index >= 15 is 0 Å². The molecule has 0 unspecified atom stereocenters. The second-order valence-electron chi connectivity index (χ2n) is 27.4. The Balaban J connectivity index is 0.949. The van der Waals surface area contributed by atoms with Gasteiger partial charge < -0.3 is 57.5 Å². The molecule has 2 aliphatic rings. The molecule has 532 valence electrons. The van der Waals surface area contributed by atoms with E-state index in [9.17, 15) is 0 Å².